The van der Waals surface area contributed by atoms with E-state index in [0.29, 0.717) is 6.42 Å². The quantitative estimate of drug-likeness (QED) is 0.616. The molecule has 0 atom stereocenters. The molecule has 24 heavy (non-hydrogen) atoms. The van der Waals surface area contributed by atoms with Crippen molar-refractivity contribution in [2.45, 2.75) is 93.4 Å². The summed E-state index contributed by atoms with van der Waals surface area (Å²) < 4.78 is 0. The van der Waals surface area contributed by atoms with E-state index in [1.165, 1.54) is 16.2 Å². The summed E-state index contributed by atoms with van der Waals surface area (Å²) in [6.45, 7) is 18.9. The number of rotatable bonds is 5. The van der Waals surface area contributed by atoms with Gasteiger partial charge in [0, 0.05) is 21.9 Å². The summed E-state index contributed by atoms with van der Waals surface area (Å²) in [6.07, 6.45) is 5.61. The Morgan fingerprint density at radius 1 is 1.17 bits per heavy atom. The lowest BCUT2D eigenvalue weighted by atomic mass is 9.95. The molecule has 0 unspecified atom stereocenters. The molecule has 1 amide bonds. The maximum Gasteiger partial charge on any atom is 0.224 e. The molecule has 0 aromatic carbocycles. The van der Waals surface area contributed by atoms with Gasteiger partial charge >= 0.3 is 0 Å². The lowest BCUT2D eigenvalue weighted by molar-refractivity contribution is -0.120. The maximum atomic E-state index is 11.8. The molecule has 0 saturated heterocycles. The van der Waals surface area contributed by atoms with Crippen molar-refractivity contribution in [3.63, 3.8) is 0 Å². The van der Waals surface area contributed by atoms with E-state index in [1.807, 2.05) is 38.2 Å². The third-order valence-corrected chi connectivity index (χ3v) is 4.42. The summed E-state index contributed by atoms with van der Waals surface area (Å²) >= 11 is 1.82. The highest BCUT2D eigenvalue weighted by Gasteiger charge is 2.16. The zero-order valence-corrected chi connectivity index (χ0v) is 18.2. The molecule has 1 aromatic heterocycles. The van der Waals surface area contributed by atoms with Gasteiger partial charge in [-0.3, -0.25) is 4.79 Å². The van der Waals surface area contributed by atoms with E-state index in [0.717, 1.165) is 18.5 Å². The monoisotopic (exact) mass is 353 g/mol. The van der Waals surface area contributed by atoms with Gasteiger partial charge in [0.05, 0.1) is 0 Å². The van der Waals surface area contributed by atoms with Gasteiger partial charge in [0.1, 0.15) is 0 Å². The first kappa shape index (κ1) is 25.2. The van der Waals surface area contributed by atoms with Crippen LogP contribution in [0.25, 0.3) is 0 Å². The van der Waals surface area contributed by atoms with Crippen molar-refractivity contribution in [2.24, 2.45) is 0 Å². The highest BCUT2D eigenvalue weighted by Crippen LogP contribution is 2.29. The Hall–Kier alpha value is -1.09. The standard InChI is InChI=1S/C16H25NOS.C3H8.C2H6/c1-6-7-12(2)17-15(18)11-9-13-8-10-14(19-13)16(3,4)5;1-3-2;1-2/h7-8,10H,6,9,11H2,1-5H3,(H,17,18);3H2,1-2H3;1-2H3/b12-7+;;. The van der Waals surface area contributed by atoms with Gasteiger partial charge in [0.2, 0.25) is 5.91 Å². The normalized spacial score (nSPS) is 11.0. The Morgan fingerprint density at radius 3 is 2.12 bits per heavy atom. The van der Waals surface area contributed by atoms with Crippen LogP contribution >= 0.6 is 11.3 Å². The smallest absolute Gasteiger partial charge is 0.224 e. The lowest BCUT2D eigenvalue weighted by Crippen LogP contribution is -2.21. The van der Waals surface area contributed by atoms with E-state index in [9.17, 15) is 4.79 Å². The molecule has 0 bridgehead atoms. The third kappa shape index (κ3) is 12.3. The van der Waals surface area contributed by atoms with Crippen LogP contribution in [0.5, 0.6) is 0 Å². The molecular weight excluding hydrogens is 314 g/mol. The summed E-state index contributed by atoms with van der Waals surface area (Å²) in [5.41, 5.74) is 1.15. The van der Waals surface area contributed by atoms with Gasteiger partial charge in [0.25, 0.3) is 0 Å². The molecule has 0 aliphatic rings. The van der Waals surface area contributed by atoms with Gasteiger partial charge < -0.3 is 5.32 Å². The van der Waals surface area contributed by atoms with E-state index in [-0.39, 0.29) is 11.3 Å². The second-order valence-electron chi connectivity index (χ2n) is 6.57. The van der Waals surface area contributed by atoms with Crippen LogP contribution in [0.15, 0.2) is 23.9 Å². The topological polar surface area (TPSA) is 29.1 Å². The molecule has 0 radical (unpaired) electrons. The van der Waals surface area contributed by atoms with Gasteiger partial charge in [-0.2, -0.15) is 0 Å². The Labute approximate surface area is 154 Å². The second kappa shape index (κ2) is 14.3. The van der Waals surface area contributed by atoms with Crippen molar-refractivity contribution in [2.75, 3.05) is 0 Å². The highest BCUT2D eigenvalue weighted by molar-refractivity contribution is 7.12. The van der Waals surface area contributed by atoms with Crippen LogP contribution in [0.2, 0.25) is 0 Å². The first-order chi connectivity index (χ1) is 11.2. The Morgan fingerprint density at radius 2 is 1.71 bits per heavy atom. The van der Waals surface area contributed by atoms with Gasteiger partial charge in [0.15, 0.2) is 0 Å². The van der Waals surface area contributed by atoms with Gasteiger partial charge in [-0.25, -0.2) is 0 Å². The number of allylic oxidation sites excluding steroid dienone is 2. The molecule has 0 aliphatic carbocycles. The molecule has 0 aliphatic heterocycles. The van der Waals surface area contributed by atoms with E-state index in [4.69, 9.17) is 0 Å². The molecule has 2 nitrogen and oxygen atoms in total. The zero-order valence-electron chi connectivity index (χ0n) is 17.4. The first-order valence-corrected chi connectivity index (χ1v) is 10.1. The lowest BCUT2D eigenvalue weighted by Gasteiger charge is -2.15. The van der Waals surface area contributed by atoms with Crippen LogP contribution in [0.4, 0.5) is 0 Å². The SMILES string of the molecule is CC.CC/C=C(\C)NC(=O)CCc1ccc(C(C)(C)C)s1.CCC. The van der Waals surface area contributed by atoms with Crippen molar-refractivity contribution in [3.8, 4) is 0 Å². The minimum absolute atomic E-state index is 0.105. The second-order valence-corrected chi connectivity index (χ2v) is 7.73. The molecule has 1 heterocycles. The van der Waals surface area contributed by atoms with Crippen LogP contribution in [-0.2, 0) is 16.6 Å². The summed E-state index contributed by atoms with van der Waals surface area (Å²) in [7, 11) is 0. The van der Waals surface area contributed by atoms with Gasteiger partial charge in [-0.15, -0.1) is 11.3 Å². The molecule has 0 spiro atoms. The van der Waals surface area contributed by atoms with Crippen molar-refractivity contribution in [1.29, 1.82) is 0 Å². The van der Waals surface area contributed by atoms with E-state index >= 15 is 0 Å². The van der Waals surface area contributed by atoms with E-state index < -0.39 is 0 Å². The van der Waals surface area contributed by atoms with Gasteiger partial charge in [-0.05, 0) is 37.3 Å². The van der Waals surface area contributed by atoms with Crippen molar-refractivity contribution in [3.05, 3.63) is 33.7 Å². The molecular formula is C21H39NOS. The fraction of sp³-hybridized carbons (Fsp3) is 0.667. The van der Waals surface area contributed by atoms with Crippen LogP contribution in [0.3, 0.4) is 0 Å². The van der Waals surface area contributed by atoms with Crippen LogP contribution < -0.4 is 5.32 Å². The van der Waals surface area contributed by atoms with Crippen LogP contribution in [-0.4, -0.2) is 5.91 Å². The molecule has 3 heteroatoms. The average Bonchev–Trinajstić information content (AvgIpc) is 2.97. The predicted octanol–water partition coefficient (Wildman–Crippen LogP) is 6.85. The first-order valence-electron chi connectivity index (χ1n) is 9.30. The Balaban J connectivity index is 0. The fourth-order valence-electron chi connectivity index (χ4n) is 1.79. The van der Waals surface area contributed by atoms with Crippen molar-refractivity contribution in [1.82, 2.24) is 5.32 Å². The average molecular weight is 354 g/mol. The number of carbonyl (C=O) groups excluding carboxylic acids is 1. The Kier molecular flexibility index (Phi) is 15.0. The molecule has 0 saturated carbocycles. The zero-order chi connectivity index (χ0) is 19.2. The summed E-state index contributed by atoms with van der Waals surface area (Å²) in [5.74, 6) is 0.105. The maximum absolute atomic E-state index is 11.8. The summed E-state index contributed by atoms with van der Waals surface area (Å²) in [6, 6.07) is 4.33. The molecule has 1 rings (SSSR count). The minimum Gasteiger partial charge on any atom is -0.330 e. The molecule has 1 aromatic rings. The number of aryl methyl sites for hydroxylation is 1. The van der Waals surface area contributed by atoms with E-state index in [1.54, 1.807) is 0 Å². The van der Waals surface area contributed by atoms with Gasteiger partial charge in [-0.1, -0.05) is 67.9 Å². The predicted molar refractivity (Wildman–Crippen MR) is 111 cm³/mol. The largest absolute Gasteiger partial charge is 0.330 e. The number of thiophene rings is 1. The summed E-state index contributed by atoms with van der Waals surface area (Å²) in [4.78, 5) is 14.4. The number of hydrogen-bond acceptors (Lipinski definition) is 2. The molecule has 1 N–H and O–H groups in total. The number of amides is 1. The van der Waals surface area contributed by atoms with Crippen molar-refractivity contribution >= 4 is 17.2 Å². The Bertz CT molecular complexity index is 466. The van der Waals surface area contributed by atoms with Crippen molar-refractivity contribution < 1.29 is 4.79 Å². The van der Waals surface area contributed by atoms with E-state index in [2.05, 4.69) is 59.0 Å². The highest BCUT2D eigenvalue weighted by atomic mass is 32.1. The molecule has 140 valence electrons. The third-order valence-electron chi connectivity index (χ3n) is 2.85. The van der Waals surface area contributed by atoms with Crippen LogP contribution in [0, 0.1) is 0 Å². The molecule has 0 fully saturated rings. The number of carbonyl (C=O) groups is 1. The minimum atomic E-state index is 0.105. The number of hydrogen-bond donors (Lipinski definition) is 1. The van der Waals surface area contributed by atoms with Crippen LogP contribution in [0.1, 0.15) is 91.3 Å². The number of nitrogens with one attached hydrogen (secondary N) is 1. The fourth-order valence-corrected chi connectivity index (χ4v) is 2.86. The summed E-state index contributed by atoms with van der Waals surface area (Å²) in [5, 5.41) is 2.91.